The van der Waals surface area contributed by atoms with Crippen molar-refractivity contribution >= 4 is 9.84 Å². The van der Waals surface area contributed by atoms with E-state index < -0.39 is 9.84 Å². The van der Waals surface area contributed by atoms with Crippen LogP contribution in [0.2, 0.25) is 0 Å². The second kappa shape index (κ2) is 6.71. The van der Waals surface area contributed by atoms with Crippen LogP contribution in [0.3, 0.4) is 0 Å². The molecule has 1 aliphatic rings. The monoisotopic (exact) mass is 263 g/mol. The first-order valence-electron chi connectivity index (χ1n) is 6.50. The molecule has 0 aromatic heterocycles. The molecule has 1 aliphatic heterocycles. The molecule has 1 fully saturated rings. The third-order valence-electron chi connectivity index (χ3n) is 2.99. The van der Waals surface area contributed by atoms with Gasteiger partial charge in [-0.05, 0) is 25.3 Å². The highest BCUT2D eigenvalue weighted by molar-refractivity contribution is 7.92. The molecule has 0 amide bonds. The molecule has 5 heteroatoms. The van der Waals surface area contributed by atoms with E-state index in [0.29, 0.717) is 13.2 Å². The normalized spacial score (nSPS) is 26.4. The summed E-state index contributed by atoms with van der Waals surface area (Å²) < 4.78 is 29.8. The van der Waals surface area contributed by atoms with Gasteiger partial charge in [-0.2, -0.15) is 0 Å². The highest BCUT2D eigenvalue weighted by Gasteiger charge is 2.35. The largest absolute Gasteiger partial charge is 0.380 e. The molecule has 4 nitrogen and oxygen atoms in total. The maximum atomic E-state index is 12.2. The Balaban J connectivity index is 2.69. The number of rotatable bonds is 6. The number of sulfone groups is 1. The Bertz CT molecular complexity index is 314. The van der Waals surface area contributed by atoms with Crippen molar-refractivity contribution in [1.29, 1.82) is 0 Å². The summed E-state index contributed by atoms with van der Waals surface area (Å²) in [5.74, 6) is 0.430. The van der Waals surface area contributed by atoms with Crippen LogP contribution >= 0.6 is 0 Å². The molecule has 0 aromatic rings. The van der Waals surface area contributed by atoms with Crippen molar-refractivity contribution in [3.05, 3.63) is 0 Å². The Hall–Kier alpha value is -0.130. The van der Waals surface area contributed by atoms with Crippen LogP contribution in [0.4, 0.5) is 0 Å². The van der Waals surface area contributed by atoms with Crippen molar-refractivity contribution in [2.24, 2.45) is 5.92 Å². The van der Waals surface area contributed by atoms with Gasteiger partial charge < -0.3 is 10.1 Å². The quantitative estimate of drug-likeness (QED) is 0.783. The molecule has 1 rings (SSSR count). The summed E-state index contributed by atoms with van der Waals surface area (Å²) in [6.45, 7) is 7.85. The van der Waals surface area contributed by atoms with Gasteiger partial charge in [0.2, 0.25) is 0 Å². The van der Waals surface area contributed by atoms with Gasteiger partial charge in [0.05, 0.1) is 17.6 Å². The van der Waals surface area contributed by atoms with Gasteiger partial charge in [0.1, 0.15) is 0 Å². The van der Waals surface area contributed by atoms with E-state index in [2.05, 4.69) is 12.2 Å². The first-order chi connectivity index (χ1) is 7.97. The van der Waals surface area contributed by atoms with Crippen molar-refractivity contribution in [1.82, 2.24) is 5.32 Å². The molecule has 2 unspecified atom stereocenters. The summed E-state index contributed by atoms with van der Waals surface area (Å²) >= 11 is 0. The zero-order chi connectivity index (χ0) is 12.9. The molecule has 1 heterocycles. The lowest BCUT2D eigenvalue weighted by Gasteiger charge is -2.32. The van der Waals surface area contributed by atoms with E-state index in [-0.39, 0.29) is 23.0 Å². The molecule has 1 saturated heterocycles. The fourth-order valence-corrected chi connectivity index (χ4v) is 4.43. The fraction of sp³-hybridized carbons (Fsp3) is 1.00. The molecule has 1 N–H and O–H groups in total. The highest BCUT2D eigenvalue weighted by Crippen LogP contribution is 2.18. The van der Waals surface area contributed by atoms with Gasteiger partial charge in [-0.15, -0.1) is 0 Å². The summed E-state index contributed by atoms with van der Waals surface area (Å²) in [5, 5.41) is 2.97. The van der Waals surface area contributed by atoms with Gasteiger partial charge in [-0.3, -0.25) is 0 Å². The minimum Gasteiger partial charge on any atom is -0.380 e. The van der Waals surface area contributed by atoms with Gasteiger partial charge in [0, 0.05) is 12.6 Å². The summed E-state index contributed by atoms with van der Waals surface area (Å²) in [6, 6.07) is 0.0625. The second-order valence-corrected chi connectivity index (χ2v) is 7.45. The van der Waals surface area contributed by atoms with Crippen LogP contribution < -0.4 is 5.32 Å². The van der Waals surface area contributed by atoms with E-state index in [0.717, 1.165) is 19.4 Å². The number of ether oxygens (including phenoxy) is 1. The lowest BCUT2D eigenvalue weighted by atomic mass is 10.1. The van der Waals surface area contributed by atoms with E-state index in [4.69, 9.17) is 4.74 Å². The Morgan fingerprint density at radius 1 is 1.41 bits per heavy atom. The van der Waals surface area contributed by atoms with Crippen molar-refractivity contribution in [2.45, 2.75) is 44.9 Å². The van der Waals surface area contributed by atoms with Crippen molar-refractivity contribution < 1.29 is 13.2 Å². The molecular weight excluding hydrogens is 238 g/mol. The first-order valence-corrected chi connectivity index (χ1v) is 8.21. The predicted molar refractivity (Wildman–Crippen MR) is 69.9 cm³/mol. The molecule has 17 heavy (non-hydrogen) atoms. The smallest absolute Gasteiger partial charge is 0.157 e. The molecule has 0 radical (unpaired) electrons. The van der Waals surface area contributed by atoms with E-state index in [9.17, 15) is 8.42 Å². The van der Waals surface area contributed by atoms with Crippen LogP contribution in [-0.4, -0.2) is 45.2 Å². The van der Waals surface area contributed by atoms with Crippen molar-refractivity contribution in [3.63, 3.8) is 0 Å². The average Bonchev–Trinajstić information content (AvgIpc) is 2.25. The molecule has 2 atom stereocenters. The Kier molecular flexibility index (Phi) is 5.89. The van der Waals surface area contributed by atoms with Crippen LogP contribution in [0.15, 0.2) is 0 Å². The number of nitrogens with one attached hydrogen (secondary N) is 1. The minimum atomic E-state index is -3.05. The molecule has 0 aliphatic carbocycles. The van der Waals surface area contributed by atoms with Crippen LogP contribution in [0.25, 0.3) is 0 Å². The summed E-state index contributed by atoms with van der Waals surface area (Å²) in [4.78, 5) is 0. The van der Waals surface area contributed by atoms with Gasteiger partial charge in [-0.1, -0.05) is 20.8 Å². The van der Waals surface area contributed by atoms with E-state index in [1.54, 1.807) is 0 Å². The minimum absolute atomic E-state index is 0.0625. The molecular formula is C12H25NO3S. The zero-order valence-electron chi connectivity index (χ0n) is 11.1. The third kappa shape index (κ3) is 4.56. The van der Waals surface area contributed by atoms with Gasteiger partial charge in [0.15, 0.2) is 9.84 Å². The SMILES string of the molecule is CCCNC1CCOCC1S(=O)(=O)CC(C)C. The summed E-state index contributed by atoms with van der Waals surface area (Å²) in [5.41, 5.74) is 0. The lowest BCUT2D eigenvalue weighted by Crippen LogP contribution is -2.51. The van der Waals surface area contributed by atoms with Gasteiger partial charge in [0.25, 0.3) is 0 Å². The Morgan fingerprint density at radius 3 is 2.71 bits per heavy atom. The van der Waals surface area contributed by atoms with Gasteiger partial charge in [-0.25, -0.2) is 8.42 Å². The topological polar surface area (TPSA) is 55.4 Å². The third-order valence-corrected chi connectivity index (χ3v) is 5.51. The second-order valence-electron chi connectivity index (χ2n) is 5.19. The van der Waals surface area contributed by atoms with Crippen LogP contribution in [0, 0.1) is 5.92 Å². The molecule has 102 valence electrons. The zero-order valence-corrected chi connectivity index (χ0v) is 11.9. The average molecular weight is 263 g/mol. The molecule has 0 aromatic carbocycles. The van der Waals surface area contributed by atoms with Crippen LogP contribution in [0.1, 0.15) is 33.6 Å². The highest BCUT2D eigenvalue weighted by atomic mass is 32.2. The van der Waals surface area contributed by atoms with E-state index >= 15 is 0 Å². The maximum Gasteiger partial charge on any atom is 0.157 e. The number of hydrogen-bond donors (Lipinski definition) is 1. The van der Waals surface area contributed by atoms with E-state index in [1.807, 2.05) is 13.8 Å². The predicted octanol–water partition coefficient (Wildman–Crippen LogP) is 1.21. The summed E-state index contributed by atoms with van der Waals surface area (Å²) in [7, 11) is -3.05. The number of hydrogen-bond acceptors (Lipinski definition) is 4. The van der Waals surface area contributed by atoms with Gasteiger partial charge >= 0.3 is 0 Å². The molecule has 0 spiro atoms. The Morgan fingerprint density at radius 2 is 2.12 bits per heavy atom. The lowest BCUT2D eigenvalue weighted by molar-refractivity contribution is 0.0807. The fourth-order valence-electron chi connectivity index (χ4n) is 2.22. The van der Waals surface area contributed by atoms with Crippen LogP contribution in [0.5, 0.6) is 0 Å². The Labute approximate surface area is 105 Å². The maximum absolute atomic E-state index is 12.2. The van der Waals surface area contributed by atoms with Crippen LogP contribution in [-0.2, 0) is 14.6 Å². The first kappa shape index (κ1) is 14.9. The molecule has 0 bridgehead atoms. The molecule has 0 saturated carbocycles. The van der Waals surface area contributed by atoms with Crippen molar-refractivity contribution in [3.8, 4) is 0 Å². The standard InChI is InChI=1S/C12H25NO3S/c1-4-6-13-11-5-7-16-8-12(11)17(14,15)9-10(2)3/h10-13H,4-9H2,1-3H3. The van der Waals surface area contributed by atoms with Crippen molar-refractivity contribution in [2.75, 3.05) is 25.5 Å². The van der Waals surface area contributed by atoms with E-state index in [1.165, 1.54) is 0 Å². The summed E-state index contributed by atoms with van der Waals surface area (Å²) in [6.07, 6.45) is 1.82.